The van der Waals surface area contributed by atoms with Crippen LogP contribution in [0, 0.1) is 0 Å². The summed E-state index contributed by atoms with van der Waals surface area (Å²) in [5, 5.41) is 11.4. The molecule has 23 heteroatoms. The fraction of sp³-hybridized carbons (Fsp3) is 0.455. The van der Waals surface area contributed by atoms with Crippen molar-refractivity contribution < 1.29 is 56.0 Å². The number of aliphatic hydroxyl groups excluding tert-OH is 1. The molecule has 4 unspecified atom stereocenters. The van der Waals surface area contributed by atoms with Gasteiger partial charge < -0.3 is 34.7 Å². The summed E-state index contributed by atoms with van der Waals surface area (Å²) in [6, 6.07) is 2.93. The van der Waals surface area contributed by atoms with Gasteiger partial charge >= 0.3 is 15.6 Å². The number of halogens is 3. The van der Waals surface area contributed by atoms with Crippen LogP contribution in [0.5, 0.6) is 0 Å². The van der Waals surface area contributed by atoms with Gasteiger partial charge in [0.15, 0.2) is 30.1 Å². The van der Waals surface area contributed by atoms with Gasteiger partial charge in [-0.2, -0.15) is 0 Å². The van der Waals surface area contributed by atoms with E-state index in [4.69, 9.17) is 56.5 Å². The number of benzene rings is 1. The first kappa shape index (κ1) is 31.3. The zero-order chi connectivity index (χ0) is 31.8. The Morgan fingerprint density at radius 2 is 1.53 bits per heavy atom. The second kappa shape index (κ2) is 11.4. The molecule has 7 rings (SSSR count). The molecule has 0 radical (unpaired) electrons. The number of hydrogen-bond donors (Lipinski definition) is 4. The molecule has 4 aromatic rings. The van der Waals surface area contributed by atoms with Crippen molar-refractivity contribution in [2.45, 2.75) is 49.1 Å². The van der Waals surface area contributed by atoms with Crippen molar-refractivity contribution in [2.75, 3.05) is 18.9 Å². The third-order valence-electron chi connectivity index (χ3n) is 7.45. The number of ether oxygens (including phenoxy) is 2. The number of alkyl halides is 1. The van der Waals surface area contributed by atoms with E-state index in [9.17, 15) is 24.0 Å². The molecule has 0 saturated carbocycles. The molecule has 6 heterocycles. The first-order chi connectivity index (χ1) is 21.3. The third-order valence-corrected chi connectivity index (χ3v) is 10.1. The van der Waals surface area contributed by atoms with Crippen LogP contribution in [0.4, 0.5) is 10.2 Å². The maximum absolute atomic E-state index is 15.9. The molecular weight excluding hydrogens is 690 g/mol. The topological polar surface area (TPSA) is 238 Å². The van der Waals surface area contributed by atoms with Crippen LogP contribution in [0.25, 0.3) is 22.2 Å². The average molecular weight is 712 g/mol. The second-order valence-electron chi connectivity index (χ2n) is 10.2. The number of phosphoric acid groups is 2. The summed E-state index contributed by atoms with van der Waals surface area (Å²) in [5.41, 5.74) is 6.74. The van der Waals surface area contributed by atoms with Crippen LogP contribution in [-0.2, 0) is 36.7 Å². The van der Waals surface area contributed by atoms with E-state index in [1.54, 1.807) is 0 Å². The lowest BCUT2D eigenvalue weighted by Crippen LogP contribution is -2.35. The van der Waals surface area contributed by atoms with E-state index >= 15 is 4.39 Å². The van der Waals surface area contributed by atoms with Crippen LogP contribution >= 0.6 is 38.8 Å². The molecule has 0 amide bonds. The lowest BCUT2D eigenvalue weighted by Gasteiger charge is -2.25. The Morgan fingerprint density at radius 3 is 2.29 bits per heavy atom. The van der Waals surface area contributed by atoms with Crippen LogP contribution in [0.2, 0.25) is 10.0 Å². The van der Waals surface area contributed by atoms with Crippen molar-refractivity contribution in [1.29, 1.82) is 0 Å². The number of phosphoric ester groups is 2. The van der Waals surface area contributed by atoms with E-state index in [0.717, 1.165) is 17.2 Å². The van der Waals surface area contributed by atoms with E-state index in [1.807, 2.05) is 0 Å². The smallest absolute Gasteiger partial charge is 0.387 e. The molecule has 10 atom stereocenters. The summed E-state index contributed by atoms with van der Waals surface area (Å²) in [6.45, 7) is -1.67. The number of nitrogens with zero attached hydrogens (tertiary/aromatic N) is 6. The van der Waals surface area contributed by atoms with Gasteiger partial charge in [-0.05, 0) is 12.1 Å². The number of hydrogen-bond acceptors (Lipinski definition) is 14. The summed E-state index contributed by atoms with van der Waals surface area (Å²) in [7, 11) is -10.2. The fourth-order valence-electron chi connectivity index (χ4n) is 5.36. The highest BCUT2D eigenvalue weighted by Gasteiger charge is 2.54. The van der Waals surface area contributed by atoms with Crippen LogP contribution < -0.4 is 5.73 Å². The van der Waals surface area contributed by atoms with E-state index in [1.165, 1.54) is 23.0 Å². The Morgan fingerprint density at radius 1 is 0.889 bits per heavy atom. The summed E-state index contributed by atoms with van der Waals surface area (Å²) < 4.78 is 77.0. The van der Waals surface area contributed by atoms with Gasteiger partial charge in [-0.3, -0.25) is 22.7 Å². The first-order valence-electron chi connectivity index (χ1n) is 13.0. The van der Waals surface area contributed by atoms with Crippen molar-refractivity contribution in [1.82, 2.24) is 29.1 Å². The molecule has 0 aliphatic carbocycles. The molecule has 0 spiro atoms. The highest BCUT2D eigenvalue weighted by atomic mass is 35.5. The van der Waals surface area contributed by atoms with Crippen LogP contribution in [0.3, 0.4) is 0 Å². The summed E-state index contributed by atoms with van der Waals surface area (Å²) in [6.07, 6.45) is -9.69. The van der Waals surface area contributed by atoms with Gasteiger partial charge in [0, 0.05) is 0 Å². The standard InChI is InChI=1S/C22H22Cl2FN7O11P2/c23-8-1-10-11(2-9(8)24)31(6-29-10)22-18-16(33)12(40-22)3-38-44(34,35)42-17-13(4-39-45(36,37)43-18)41-21(14(17)25)32-7-30-15-19(26)27-5-28-20(15)32/h1-2,5-7,12-14,16-18,21-22,33H,3-4H2,(H,34,35)(H,36,37)(H2,26,27,28)/t12-,13-,14+,16+,17?,18?,21-,22-/m1/s1. The van der Waals surface area contributed by atoms with E-state index in [-0.39, 0.29) is 27.0 Å². The van der Waals surface area contributed by atoms with Crippen molar-refractivity contribution in [3.05, 3.63) is 41.2 Å². The van der Waals surface area contributed by atoms with E-state index in [2.05, 4.69) is 19.9 Å². The molecule has 18 nitrogen and oxygen atoms in total. The van der Waals surface area contributed by atoms with Crippen LogP contribution in [0.1, 0.15) is 12.5 Å². The van der Waals surface area contributed by atoms with Gasteiger partial charge in [-0.15, -0.1) is 0 Å². The lowest BCUT2D eigenvalue weighted by atomic mass is 10.1. The maximum Gasteiger partial charge on any atom is 0.472 e. The van der Waals surface area contributed by atoms with Crippen molar-refractivity contribution in [3.63, 3.8) is 0 Å². The molecule has 45 heavy (non-hydrogen) atoms. The SMILES string of the molecule is Nc1ncnc2c1ncn2[C@@H]1O[C@@H]2COP(=O)(O)OC3[C@@H](O)[C@@H](COP(=O)(O)OC2[C@@H]1F)O[C@H]3n1cnc2cc(Cl)c(Cl)cc21. The van der Waals surface area contributed by atoms with Crippen LogP contribution in [-0.4, -0.2) is 93.9 Å². The minimum absolute atomic E-state index is 0.00819. The molecule has 3 fully saturated rings. The normalized spacial score (nSPS) is 37.7. The number of nitrogens with two attached hydrogens (primary N) is 1. The number of aromatic nitrogens is 6. The molecule has 3 aliphatic rings. The first-order valence-corrected chi connectivity index (χ1v) is 16.8. The Bertz CT molecular complexity index is 1890. The fourth-order valence-corrected chi connectivity index (χ4v) is 7.56. The number of nitrogen functional groups attached to an aromatic ring is 1. The summed E-state index contributed by atoms with van der Waals surface area (Å²) >= 11 is 12.3. The maximum atomic E-state index is 15.9. The van der Waals surface area contributed by atoms with Crippen molar-refractivity contribution >= 4 is 66.9 Å². The summed E-state index contributed by atoms with van der Waals surface area (Å²) in [4.78, 5) is 37.4. The monoisotopic (exact) mass is 711 g/mol. The highest BCUT2D eigenvalue weighted by Crippen LogP contribution is 2.54. The van der Waals surface area contributed by atoms with Crippen LogP contribution in [0.15, 0.2) is 31.1 Å². The number of rotatable bonds is 2. The number of aliphatic hydroxyl groups is 1. The number of anilines is 1. The molecule has 242 valence electrons. The number of imidazole rings is 2. The van der Waals surface area contributed by atoms with Crippen molar-refractivity contribution in [3.8, 4) is 0 Å². The molecule has 3 aliphatic heterocycles. The minimum atomic E-state index is -5.10. The average Bonchev–Trinajstić information content (AvgIpc) is 3.73. The van der Waals surface area contributed by atoms with Gasteiger partial charge in [-0.25, -0.2) is 33.5 Å². The van der Waals surface area contributed by atoms with Crippen molar-refractivity contribution in [2.24, 2.45) is 0 Å². The zero-order valence-corrected chi connectivity index (χ0v) is 25.6. The predicted octanol–water partition coefficient (Wildman–Crippen LogP) is 2.28. The van der Waals surface area contributed by atoms with Gasteiger partial charge in [0.2, 0.25) is 0 Å². The molecule has 3 saturated heterocycles. The molecule has 3 aromatic heterocycles. The molecule has 2 bridgehead atoms. The van der Waals surface area contributed by atoms with Gasteiger partial charge in [-0.1, -0.05) is 23.2 Å². The highest BCUT2D eigenvalue weighted by molar-refractivity contribution is 7.47. The Labute approximate surface area is 260 Å². The Hall–Kier alpha value is -2.35. The number of fused-ring (bicyclic) bond motifs is 5. The van der Waals surface area contributed by atoms with E-state index < -0.39 is 78.0 Å². The predicted molar refractivity (Wildman–Crippen MR) is 150 cm³/mol. The summed E-state index contributed by atoms with van der Waals surface area (Å²) in [5.74, 6) is 0.00819. The van der Waals surface area contributed by atoms with Gasteiger partial charge in [0.05, 0.1) is 46.9 Å². The second-order valence-corrected chi connectivity index (χ2v) is 13.9. The van der Waals surface area contributed by atoms with E-state index in [0.29, 0.717) is 11.0 Å². The largest absolute Gasteiger partial charge is 0.472 e. The third kappa shape index (κ3) is 5.65. The zero-order valence-electron chi connectivity index (χ0n) is 22.3. The lowest BCUT2D eigenvalue weighted by molar-refractivity contribution is -0.0669. The minimum Gasteiger partial charge on any atom is -0.387 e. The molecular formula is C22H22Cl2FN7O11P2. The Kier molecular flexibility index (Phi) is 7.93. The Balaban J connectivity index is 1.20. The quantitative estimate of drug-likeness (QED) is 0.218. The van der Waals surface area contributed by atoms with Gasteiger partial charge in [0.25, 0.3) is 0 Å². The molecule has 5 N–H and O–H groups in total. The molecule has 1 aromatic carbocycles. The van der Waals surface area contributed by atoms with Gasteiger partial charge in [0.1, 0.15) is 42.4 Å².